The van der Waals surface area contributed by atoms with E-state index in [0.29, 0.717) is 34.9 Å². The summed E-state index contributed by atoms with van der Waals surface area (Å²) in [6.45, 7) is 8.00. The van der Waals surface area contributed by atoms with E-state index in [1.54, 1.807) is 7.11 Å². The van der Waals surface area contributed by atoms with Crippen LogP contribution < -0.4 is 9.62 Å². The molecule has 178 valence electrons. The third-order valence-corrected chi connectivity index (χ3v) is 7.78. The number of hydrogen-bond donors (Lipinski definition) is 1. The van der Waals surface area contributed by atoms with Crippen LogP contribution in [-0.4, -0.2) is 24.5 Å². The van der Waals surface area contributed by atoms with Crippen molar-refractivity contribution < 1.29 is 28.5 Å². The number of methoxy groups -OCH3 is 1. The van der Waals surface area contributed by atoms with Gasteiger partial charge in [-0.25, -0.2) is 0 Å². The lowest BCUT2D eigenvalue weighted by molar-refractivity contribution is -0.110. The predicted octanol–water partition coefficient (Wildman–Crippen LogP) is 7.37. The fraction of sp³-hybridized carbons (Fsp3) is 0.478. The maximum Gasteiger partial charge on any atom is 0.369 e. The molecule has 2 aromatic rings. The van der Waals surface area contributed by atoms with Crippen LogP contribution in [-0.2, 0) is 20.4 Å². The zero-order valence-electron chi connectivity index (χ0n) is 19.1. The van der Waals surface area contributed by atoms with Crippen molar-refractivity contribution in [2.75, 3.05) is 13.9 Å². The van der Waals surface area contributed by atoms with Gasteiger partial charge in [0.2, 0.25) is 0 Å². The van der Waals surface area contributed by atoms with Crippen molar-refractivity contribution in [2.45, 2.75) is 58.5 Å². The molecule has 1 unspecified atom stereocenters. The van der Waals surface area contributed by atoms with Crippen molar-refractivity contribution in [2.24, 2.45) is 0 Å². The second-order valence-corrected chi connectivity index (χ2v) is 10.6. The molecule has 32 heavy (non-hydrogen) atoms. The van der Waals surface area contributed by atoms with Crippen LogP contribution in [0.5, 0.6) is 11.5 Å². The molecule has 1 atom stereocenters. The first-order chi connectivity index (χ1) is 15.1. The standard InChI is InChI=1S/C23H31Cl2O6P/c1-6-18(7-2)32(26,27)31-30-17-12-21(24)20(22(25)13-17)11-16-8-9-23(29-14-28-5)19(10-16)15(3)4/h8-10,12-13,15,18H,6-7,11,14H2,1-5H3,(H,26,27). The Morgan fingerprint density at radius 2 is 1.69 bits per heavy atom. The van der Waals surface area contributed by atoms with E-state index in [4.69, 9.17) is 42.2 Å². The van der Waals surface area contributed by atoms with Gasteiger partial charge in [-0.15, -0.1) is 0 Å². The van der Waals surface area contributed by atoms with Crippen molar-refractivity contribution in [3.63, 3.8) is 0 Å². The lowest BCUT2D eigenvalue weighted by Crippen LogP contribution is -2.10. The minimum atomic E-state index is -3.92. The molecule has 0 aliphatic heterocycles. The van der Waals surface area contributed by atoms with Crippen LogP contribution in [0.1, 0.15) is 63.1 Å². The molecule has 9 heteroatoms. The Bertz CT molecular complexity index is 923. The Morgan fingerprint density at radius 3 is 2.22 bits per heavy atom. The van der Waals surface area contributed by atoms with Gasteiger partial charge in [0.1, 0.15) is 5.75 Å². The topological polar surface area (TPSA) is 74.2 Å². The van der Waals surface area contributed by atoms with Crippen LogP contribution in [0.3, 0.4) is 0 Å². The maximum absolute atomic E-state index is 12.3. The van der Waals surface area contributed by atoms with E-state index in [1.165, 1.54) is 12.1 Å². The molecule has 0 aliphatic carbocycles. The molecular weight excluding hydrogens is 474 g/mol. The molecule has 2 rings (SSSR count). The van der Waals surface area contributed by atoms with Crippen LogP contribution in [0, 0.1) is 0 Å². The molecule has 0 bridgehead atoms. The second kappa shape index (κ2) is 12.3. The molecular formula is C23H31Cl2O6P. The Labute approximate surface area is 200 Å². The summed E-state index contributed by atoms with van der Waals surface area (Å²) >= 11 is 12.9. The lowest BCUT2D eigenvalue weighted by atomic mass is 9.96. The van der Waals surface area contributed by atoms with E-state index in [0.717, 1.165) is 16.9 Å². The molecule has 0 radical (unpaired) electrons. The average molecular weight is 505 g/mol. The fourth-order valence-corrected chi connectivity index (χ4v) is 5.16. The van der Waals surface area contributed by atoms with Crippen LogP contribution >= 0.6 is 30.8 Å². The van der Waals surface area contributed by atoms with Crippen LogP contribution in [0.15, 0.2) is 30.3 Å². The SMILES string of the molecule is CCC(CC)P(=O)(O)OOc1cc(Cl)c(Cc2ccc(OCOC)c(C(C)C)c2)c(Cl)c1. The number of hydrogen-bond acceptors (Lipinski definition) is 5. The Kier molecular flexibility index (Phi) is 10.3. The van der Waals surface area contributed by atoms with Crippen LogP contribution in [0.2, 0.25) is 10.0 Å². The molecule has 0 aliphatic rings. The molecule has 0 fully saturated rings. The van der Waals surface area contributed by atoms with E-state index in [1.807, 2.05) is 26.0 Å². The van der Waals surface area contributed by atoms with E-state index in [-0.39, 0.29) is 18.5 Å². The van der Waals surface area contributed by atoms with Gasteiger partial charge in [-0.3, -0.25) is 4.57 Å². The first kappa shape index (κ1) is 27.0. The number of rotatable bonds is 12. The van der Waals surface area contributed by atoms with Gasteiger partial charge in [0.25, 0.3) is 0 Å². The maximum atomic E-state index is 12.3. The van der Waals surface area contributed by atoms with Gasteiger partial charge in [-0.05, 0) is 41.5 Å². The van der Waals surface area contributed by atoms with Crippen molar-refractivity contribution in [1.82, 2.24) is 0 Å². The Balaban J connectivity index is 2.20. The first-order valence-corrected chi connectivity index (χ1v) is 12.9. The van der Waals surface area contributed by atoms with Gasteiger partial charge in [0.05, 0.1) is 5.66 Å². The molecule has 2 aromatic carbocycles. The summed E-state index contributed by atoms with van der Waals surface area (Å²) in [5.41, 5.74) is 2.29. The van der Waals surface area contributed by atoms with Gasteiger partial charge >= 0.3 is 7.60 Å². The van der Waals surface area contributed by atoms with Gasteiger partial charge in [-0.1, -0.05) is 67.7 Å². The van der Waals surface area contributed by atoms with E-state index < -0.39 is 13.3 Å². The lowest BCUT2D eigenvalue weighted by Gasteiger charge is -2.19. The van der Waals surface area contributed by atoms with Crippen LogP contribution in [0.4, 0.5) is 0 Å². The summed E-state index contributed by atoms with van der Waals surface area (Å²) in [6, 6.07) is 8.97. The predicted molar refractivity (Wildman–Crippen MR) is 128 cm³/mol. The minimum Gasteiger partial charge on any atom is -0.467 e. The Hall–Kier alpha value is -1.27. The highest BCUT2D eigenvalue weighted by Gasteiger charge is 2.31. The highest BCUT2D eigenvalue weighted by molar-refractivity contribution is 7.53. The molecule has 0 amide bonds. The van der Waals surface area contributed by atoms with Gasteiger partial charge in [-0.2, -0.15) is 0 Å². The normalized spacial score (nSPS) is 13.4. The number of ether oxygens (including phenoxy) is 2. The molecule has 6 nitrogen and oxygen atoms in total. The Morgan fingerprint density at radius 1 is 1.06 bits per heavy atom. The summed E-state index contributed by atoms with van der Waals surface area (Å²) < 4.78 is 27.9. The van der Waals surface area contributed by atoms with Crippen molar-refractivity contribution >= 4 is 30.8 Å². The average Bonchev–Trinajstić information content (AvgIpc) is 2.74. The summed E-state index contributed by atoms with van der Waals surface area (Å²) in [5.74, 6) is 1.19. The molecule has 0 saturated carbocycles. The third-order valence-electron chi connectivity index (χ3n) is 5.17. The summed E-state index contributed by atoms with van der Waals surface area (Å²) in [5, 5.41) is 0.745. The third kappa shape index (κ3) is 7.11. The summed E-state index contributed by atoms with van der Waals surface area (Å²) in [4.78, 5) is 15.2. The van der Waals surface area contributed by atoms with E-state index >= 15 is 0 Å². The molecule has 0 spiro atoms. The highest BCUT2D eigenvalue weighted by Crippen LogP contribution is 2.50. The number of halogens is 2. The smallest absolute Gasteiger partial charge is 0.369 e. The molecule has 0 saturated heterocycles. The zero-order valence-corrected chi connectivity index (χ0v) is 21.5. The number of benzene rings is 2. The molecule has 0 heterocycles. The fourth-order valence-electron chi connectivity index (χ4n) is 3.32. The van der Waals surface area contributed by atoms with Crippen molar-refractivity contribution in [1.29, 1.82) is 0 Å². The second-order valence-electron chi connectivity index (χ2n) is 7.81. The van der Waals surface area contributed by atoms with Crippen molar-refractivity contribution in [3.05, 3.63) is 57.1 Å². The van der Waals surface area contributed by atoms with Gasteiger partial charge in [0, 0.05) is 35.7 Å². The zero-order chi connectivity index (χ0) is 23.9. The quantitative estimate of drug-likeness (QED) is 0.141. The van der Waals surface area contributed by atoms with Gasteiger partial charge in [0.15, 0.2) is 12.5 Å². The summed E-state index contributed by atoms with van der Waals surface area (Å²) in [7, 11) is -2.34. The van der Waals surface area contributed by atoms with Crippen LogP contribution in [0.25, 0.3) is 0 Å². The molecule has 0 aromatic heterocycles. The monoisotopic (exact) mass is 504 g/mol. The highest BCUT2D eigenvalue weighted by atomic mass is 35.5. The first-order valence-electron chi connectivity index (χ1n) is 10.5. The minimum absolute atomic E-state index is 0.162. The summed E-state index contributed by atoms with van der Waals surface area (Å²) in [6.07, 6.45) is 1.50. The van der Waals surface area contributed by atoms with E-state index in [2.05, 4.69) is 19.9 Å². The van der Waals surface area contributed by atoms with Gasteiger partial charge < -0.3 is 19.3 Å². The van der Waals surface area contributed by atoms with E-state index in [9.17, 15) is 9.46 Å². The molecule has 1 N–H and O–H groups in total. The van der Waals surface area contributed by atoms with Crippen molar-refractivity contribution in [3.8, 4) is 11.5 Å². The largest absolute Gasteiger partial charge is 0.467 e.